The Hall–Kier alpha value is -1.00. The van der Waals surface area contributed by atoms with E-state index in [9.17, 15) is 8.78 Å². The molecule has 18 heavy (non-hydrogen) atoms. The Balaban J connectivity index is 3.25. The van der Waals surface area contributed by atoms with E-state index in [0.29, 0.717) is 5.56 Å². The van der Waals surface area contributed by atoms with E-state index >= 15 is 0 Å². The summed E-state index contributed by atoms with van der Waals surface area (Å²) < 4.78 is 33.1. The van der Waals surface area contributed by atoms with Crippen LogP contribution in [0.1, 0.15) is 37.9 Å². The third kappa shape index (κ3) is 2.87. The molecular formula is C14H21F2NO. The average molecular weight is 257 g/mol. The molecule has 0 aliphatic rings. The van der Waals surface area contributed by atoms with Crippen LogP contribution in [0.15, 0.2) is 12.1 Å². The van der Waals surface area contributed by atoms with Crippen molar-refractivity contribution in [1.82, 2.24) is 0 Å². The van der Waals surface area contributed by atoms with Crippen LogP contribution in [0.4, 0.5) is 8.78 Å². The highest BCUT2D eigenvalue weighted by molar-refractivity contribution is 5.30. The summed E-state index contributed by atoms with van der Waals surface area (Å²) in [4.78, 5) is 0. The van der Waals surface area contributed by atoms with Crippen molar-refractivity contribution < 1.29 is 13.5 Å². The van der Waals surface area contributed by atoms with Crippen molar-refractivity contribution in [2.24, 2.45) is 11.1 Å². The fourth-order valence-corrected chi connectivity index (χ4v) is 2.17. The third-order valence-corrected chi connectivity index (χ3v) is 3.09. The molecule has 1 rings (SSSR count). The van der Waals surface area contributed by atoms with Crippen LogP contribution in [0, 0.1) is 24.0 Å². The minimum Gasteiger partial charge on any atom is -0.379 e. The number of aryl methyl sites for hydroxylation is 1. The summed E-state index contributed by atoms with van der Waals surface area (Å²) >= 11 is 0. The van der Waals surface area contributed by atoms with Gasteiger partial charge < -0.3 is 10.5 Å². The van der Waals surface area contributed by atoms with E-state index in [1.165, 1.54) is 19.2 Å². The lowest BCUT2D eigenvalue weighted by atomic mass is 9.82. The molecule has 1 aromatic carbocycles. The van der Waals surface area contributed by atoms with Crippen LogP contribution in [0.2, 0.25) is 0 Å². The van der Waals surface area contributed by atoms with Gasteiger partial charge in [-0.2, -0.15) is 0 Å². The molecule has 2 atom stereocenters. The Labute approximate surface area is 107 Å². The molecular weight excluding hydrogens is 236 g/mol. The van der Waals surface area contributed by atoms with Crippen molar-refractivity contribution in [1.29, 1.82) is 0 Å². The van der Waals surface area contributed by atoms with Crippen LogP contribution in [-0.2, 0) is 4.74 Å². The van der Waals surface area contributed by atoms with Gasteiger partial charge >= 0.3 is 0 Å². The number of rotatable bonds is 3. The molecule has 102 valence electrons. The monoisotopic (exact) mass is 257 g/mol. The van der Waals surface area contributed by atoms with E-state index in [1.807, 2.05) is 20.8 Å². The van der Waals surface area contributed by atoms with Crippen LogP contribution in [0.25, 0.3) is 0 Å². The maximum Gasteiger partial charge on any atom is 0.133 e. The van der Waals surface area contributed by atoms with Crippen LogP contribution >= 0.6 is 0 Å². The van der Waals surface area contributed by atoms with Crippen molar-refractivity contribution in [3.8, 4) is 0 Å². The maximum absolute atomic E-state index is 14.0. The van der Waals surface area contributed by atoms with E-state index in [1.54, 1.807) is 6.92 Å². The third-order valence-electron chi connectivity index (χ3n) is 3.09. The molecule has 0 amide bonds. The Morgan fingerprint density at radius 3 is 2.22 bits per heavy atom. The van der Waals surface area contributed by atoms with Gasteiger partial charge in [-0.25, -0.2) is 8.78 Å². The summed E-state index contributed by atoms with van der Waals surface area (Å²) in [5.74, 6) is -1.22. The molecule has 2 N–H and O–H groups in total. The molecule has 1 aromatic rings. The zero-order chi connectivity index (χ0) is 14.1. The van der Waals surface area contributed by atoms with Crippen molar-refractivity contribution >= 4 is 0 Å². The van der Waals surface area contributed by atoms with E-state index in [4.69, 9.17) is 10.5 Å². The molecule has 0 saturated carbocycles. The van der Waals surface area contributed by atoms with Crippen molar-refractivity contribution in [3.63, 3.8) is 0 Å². The quantitative estimate of drug-likeness (QED) is 0.901. The van der Waals surface area contributed by atoms with Crippen molar-refractivity contribution in [3.05, 3.63) is 34.9 Å². The standard InChI is InChI=1S/C14H21F2NO/c1-8-6-7-9(15)10(11(8)16)12(17)13(18-5)14(2,3)4/h6-7,12-13H,17H2,1-5H3. The minimum atomic E-state index is -0.838. The lowest BCUT2D eigenvalue weighted by molar-refractivity contribution is -0.00394. The van der Waals surface area contributed by atoms with Gasteiger partial charge in [0.15, 0.2) is 0 Å². The topological polar surface area (TPSA) is 35.2 Å². The van der Waals surface area contributed by atoms with Crippen molar-refractivity contribution in [2.45, 2.75) is 39.8 Å². The van der Waals surface area contributed by atoms with Gasteiger partial charge in [-0.15, -0.1) is 0 Å². The van der Waals surface area contributed by atoms with Gasteiger partial charge in [0.25, 0.3) is 0 Å². The number of benzene rings is 1. The van der Waals surface area contributed by atoms with Crippen LogP contribution in [0.3, 0.4) is 0 Å². The second-order valence-electron chi connectivity index (χ2n) is 5.64. The Morgan fingerprint density at radius 2 is 1.78 bits per heavy atom. The van der Waals surface area contributed by atoms with Gasteiger partial charge in [0.05, 0.1) is 12.1 Å². The van der Waals surface area contributed by atoms with Crippen LogP contribution < -0.4 is 5.73 Å². The largest absolute Gasteiger partial charge is 0.379 e. The number of nitrogens with two attached hydrogens (primary N) is 1. The molecule has 4 heteroatoms. The summed E-state index contributed by atoms with van der Waals surface area (Å²) in [5.41, 5.74) is 5.97. The second-order valence-corrected chi connectivity index (χ2v) is 5.64. The Kier molecular flexibility index (Phi) is 4.46. The summed E-state index contributed by atoms with van der Waals surface area (Å²) in [6, 6.07) is 1.80. The fraction of sp³-hybridized carbons (Fsp3) is 0.571. The van der Waals surface area contributed by atoms with Crippen LogP contribution in [-0.4, -0.2) is 13.2 Å². The highest BCUT2D eigenvalue weighted by Crippen LogP contribution is 2.33. The molecule has 2 unspecified atom stereocenters. The van der Waals surface area contributed by atoms with Gasteiger partial charge in [-0.05, 0) is 24.0 Å². The number of ether oxygens (including phenoxy) is 1. The zero-order valence-electron chi connectivity index (χ0n) is 11.6. The molecule has 0 aliphatic carbocycles. The van der Waals surface area contributed by atoms with E-state index in [-0.39, 0.29) is 11.0 Å². The first-order valence-electron chi connectivity index (χ1n) is 5.93. The lowest BCUT2D eigenvalue weighted by Gasteiger charge is -2.34. The van der Waals surface area contributed by atoms with Crippen molar-refractivity contribution in [2.75, 3.05) is 7.11 Å². The molecule has 0 heterocycles. The average Bonchev–Trinajstić information content (AvgIpc) is 2.23. The summed E-state index contributed by atoms with van der Waals surface area (Å²) in [6.07, 6.45) is -0.469. The van der Waals surface area contributed by atoms with Gasteiger partial charge in [-0.1, -0.05) is 26.8 Å². The zero-order valence-corrected chi connectivity index (χ0v) is 11.6. The highest BCUT2D eigenvalue weighted by atomic mass is 19.1. The van der Waals surface area contributed by atoms with Gasteiger partial charge in [0.1, 0.15) is 11.6 Å². The summed E-state index contributed by atoms with van der Waals surface area (Å²) in [6.45, 7) is 7.36. The predicted octanol–water partition coefficient (Wildman–Crippen LogP) is 3.33. The molecule has 0 spiro atoms. The van der Waals surface area contributed by atoms with Gasteiger partial charge in [0.2, 0.25) is 0 Å². The number of hydrogen-bond acceptors (Lipinski definition) is 2. The first kappa shape index (κ1) is 15.1. The van der Waals surface area contributed by atoms with E-state index in [2.05, 4.69) is 0 Å². The summed E-state index contributed by atoms with van der Waals surface area (Å²) in [5, 5.41) is 0. The molecule has 0 bridgehead atoms. The first-order valence-corrected chi connectivity index (χ1v) is 5.93. The fourth-order valence-electron chi connectivity index (χ4n) is 2.17. The molecule has 2 nitrogen and oxygen atoms in total. The number of halogens is 2. The smallest absolute Gasteiger partial charge is 0.133 e. The number of methoxy groups -OCH3 is 1. The Bertz CT molecular complexity index is 427. The van der Waals surface area contributed by atoms with Crippen LogP contribution in [0.5, 0.6) is 0 Å². The molecule has 0 saturated heterocycles. The maximum atomic E-state index is 14.0. The molecule has 0 radical (unpaired) electrons. The first-order chi connectivity index (χ1) is 8.20. The van der Waals surface area contributed by atoms with E-state index < -0.39 is 23.8 Å². The molecule has 0 aliphatic heterocycles. The minimum absolute atomic E-state index is 0.100. The number of hydrogen-bond donors (Lipinski definition) is 1. The Morgan fingerprint density at radius 1 is 1.22 bits per heavy atom. The second kappa shape index (κ2) is 5.33. The molecule has 0 aromatic heterocycles. The lowest BCUT2D eigenvalue weighted by Crippen LogP contribution is -2.39. The predicted molar refractivity (Wildman–Crippen MR) is 68.3 cm³/mol. The van der Waals surface area contributed by atoms with Gasteiger partial charge in [0, 0.05) is 12.7 Å². The van der Waals surface area contributed by atoms with Gasteiger partial charge in [-0.3, -0.25) is 0 Å². The normalized spacial score (nSPS) is 15.6. The summed E-state index contributed by atoms with van der Waals surface area (Å²) in [7, 11) is 1.50. The van der Waals surface area contributed by atoms with E-state index in [0.717, 1.165) is 0 Å². The SMILES string of the molecule is COC(C(N)c1c(F)ccc(C)c1F)C(C)(C)C. The highest BCUT2D eigenvalue weighted by Gasteiger charge is 2.34. The molecule has 0 fully saturated rings.